The molecule has 0 saturated heterocycles. The number of anilines is 1. The number of benzene rings is 2. The van der Waals surface area contributed by atoms with Gasteiger partial charge in [-0.15, -0.1) is 23.1 Å². The maximum absolute atomic E-state index is 13.0. The normalized spacial score (nSPS) is 11.3. The van der Waals surface area contributed by atoms with E-state index in [9.17, 15) is 9.59 Å². The molecule has 2 heterocycles. The second kappa shape index (κ2) is 9.91. The van der Waals surface area contributed by atoms with Crippen molar-refractivity contribution >= 4 is 44.9 Å². The van der Waals surface area contributed by atoms with Gasteiger partial charge in [-0.1, -0.05) is 42.0 Å². The van der Waals surface area contributed by atoms with Crippen LogP contribution in [-0.4, -0.2) is 40.6 Å². The molecule has 170 valence electrons. The highest BCUT2D eigenvalue weighted by Crippen LogP contribution is 2.35. The SMILES string of the molecule is CSc1ccccc1NC(=O)CN(C)Cc1nc2sc(C)c(-c3ccc(C)cc3)c2c(=O)[nH]1. The number of nitrogens with one attached hydrogen (secondary N) is 2. The average Bonchev–Trinajstić information content (AvgIpc) is 3.10. The van der Waals surface area contributed by atoms with Gasteiger partial charge in [0.15, 0.2) is 0 Å². The third-order valence-corrected chi connectivity index (χ3v) is 7.14. The molecule has 0 radical (unpaired) electrons. The Kier molecular flexibility index (Phi) is 6.97. The van der Waals surface area contributed by atoms with E-state index in [-0.39, 0.29) is 18.0 Å². The van der Waals surface area contributed by atoms with Gasteiger partial charge in [0.05, 0.1) is 24.2 Å². The van der Waals surface area contributed by atoms with E-state index in [1.807, 2.05) is 80.6 Å². The number of amides is 1. The Morgan fingerprint density at radius 1 is 1.15 bits per heavy atom. The molecule has 0 bridgehead atoms. The van der Waals surface area contributed by atoms with E-state index < -0.39 is 0 Å². The number of para-hydroxylation sites is 1. The first-order valence-corrected chi connectivity index (χ1v) is 12.6. The molecule has 0 aliphatic heterocycles. The molecule has 2 aromatic carbocycles. The number of carbonyl (C=O) groups excluding carboxylic acids is 1. The van der Waals surface area contributed by atoms with Crippen LogP contribution in [0.1, 0.15) is 16.3 Å². The highest BCUT2D eigenvalue weighted by Gasteiger charge is 2.18. The van der Waals surface area contributed by atoms with Crippen LogP contribution >= 0.6 is 23.1 Å². The summed E-state index contributed by atoms with van der Waals surface area (Å²) in [6.07, 6.45) is 1.98. The number of hydrogen-bond donors (Lipinski definition) is 2. The van der Waals surface area contributed by atoms with Crippen LogP contribution in [0.4, 0.5) is 5.69 Å². The van der Waals surface area contributed by atoms with Crippen molar-refractivity contribution in [2.45, 2.75) is 25.3 Å². The van der Waals surface area contributed by atoms with E-state index in [1.165, 1.54) is 16.9 Å². The fourth-order valence-electron chi connectivity index (χ4n) is 3.80. The number of aromatic nitrogens is 2. The minimum absolute atomic E-state index is 0.115. The Bertz CT molecular complexity index is 1360. The van der Waals surface area contributed by atoms with Gasteiger partial charge in [0.2, 0.25) is 5.91 Å². The zero-order chi connectivity index (χ0) is 23.5. The van der Waals surface area contributed by atoms with Gasteiger partial charge in [-0.25, -0.2) is 4.98 Å². The highest BCUT2D eigenvalue weighted by atomic mass is 32.2. The zero-order valence-electron chi connectivity index (χ0n) is 19.1. The number of hydrogen-bond acceptors (Lipinski definition) is 6. The molecule has 6 nitrogen and oxygen atoms in total. The molecule has 8 heteroatoms. The van der Waals surface area contributed by atoms with Crippen LogP contribution in [0.25, 0.3) is 21.3 Å². The summed E-state index contributed by atoms with van der Waals surface area (Å²) in [7, 11) is 1.83. The van der Waals surface area contributed by atoms with E-state index in [1.54, 1.807) is 11.8 Å². The van der Waals surface area contributed by atoms with Crippen LogP contribution < -0.4 is 10.9 Å². The first-order valence-electron chi connectivity index (χ1n) is 10.6. The first-order chi connectivity index (χ1) is 15.9. The van der Waals surface area contributed by atoms with Crippen molar-refractivity contribution in [3.63, 3.8) is 0 Å². The molecule has 0 aliphatic carbocycles. The van der Waals surface area contributed by atoms with Crippen molar-refractivity contribution in [3.8, 4) is 11.1 Å². The maximum atomic E-state index is 13.0. The van der Waals surface area contributed by atoms with Gasteiger partial charge in [-0.05, 0) is 44.8 Å². The van der Waals surface area contributed by atoms with Crippen molar-refractivity contribution in [2.75, 3.05) is 25.2 Å². The van der Waals surface area contributed by atoms with E-state index >= 15 is 0 Å². The summed E-state index contributed by atoms with van der Waals surface area (Å²) in [5, 5.41) is 3.58. The predicted molar refractivity (Wildman–Crippen MR) is 138 cm³/mol. The second-order valence-electron chi connectivity index (χ2n) is 8.01. The number of fused-ring (bicyclic) bond motifs is 1. The molecule has 0 atom stereocenters. The standard InChI is InChI=1S/C25H26N4O2S2/c1-15-9-11-17(12-10-15)22-16(2)33-25-23(22)24(31)27-20(28-25)13-29(3)14-21(30)26-18-7-5-6-8-19(18)32-4/h5-12H,13-14H2,1-4H3,(H,26,30)(H,27,28,31). The quantitative estimate of drug-likeness (QED) is 0.363. The van der Waals surface area contributed by atoms with Crippen molar-refractivity contribution in [3.05, 3.63) is 75.1 Å². The van der Waals surface area contributed by atoms with Crippen LogP contribution in [-0.2, 0) is 11.3 Å². The number of carbonyl (C=O) groups is 1. The highest BCUT2D eigenvalue weighted by molar-refractivity contribution is 7.98. The van der Waals surface area contributed by atoms with Crippen LogP contribution in [0.2, 0.25) is 0 Å². The number of likely N-dealkylation sites (N-methyl/N-ethyl adjacent to an activating group) is 1. The Balaban J connectivity index is 1.51. The Labute approximate surface area is 201 Å². The molecule has 0 spiro atoms. The number of nitrogens with zero attached hydrogens (tertiary/aromatic N) is 2. The fourth-order valence-corrected chi connectivity index (χ4v) is 5.42. The van der Waals surface area contributed by atoms with Gasteiger partial charge in [-0.2, -0.15) is 0 Å². The van der Waals surface area contributed by atoms with Crippen LogP contribution in [0.15, 0.2) is 58.2 Å². The Morgan fingerprint density at radius 3 is 2.61 bits per heavy atom. The molecule has 2 N–H and O–H groups in total. The molecule has 0 fully saturated rings. The second-order valence-corrected chi connectivity index (χ2v) is 10.1. The van der Waals surface area contributed by atoms with E-state index in [2.05, 4.69) is 10.3 Å². The molecular formula is C25H26N4O2S2. The van der Waals surface area contributed by atoms with Crippen LogP contribution in [0, 0.1) is 13.8 Å². The summed E-state index contributed by atoms with van der Waals surface area (Å²) in [6.45, 7) is 4.60. The molecular weight excluding hydrogens is 452 g/mol. The summed E-state index contributed by atoms with van der Waals surface area (Å²) in [5.41, 5.74) is 3.78. The van der Waals surface area contributed by atoms with Gasteiger partial charge in [0.25, 0.3) is 5.56 Å². The Hall–Kier alpha value is -2.94. The van der Waals surface area contributed by atoms with Gasteiger partial charge in [-0.3, -0.25) is 14.5 Å². The molecule has 2 aromatic heterocycles. The van der Waals surface area contributed by atoms with Crippen molar-refractivity contribution in [2.24, 2.45) is 0 Å². The lowest BCUT2D eigenvalue weighted by atomic mass is 10.0. The minimum atomic E-state index is -0.151. The van der Waals surface area contributed by atoms with Crippen molar-refractivity contribution in [1.82, 2.24) is 14.9 Å². The molecule has 0 aliphatic rings. The summed E-state index contributed by atoms with van der Waals surface area (Å²) >= 11 is 3.11. The van der Waals surface area contributed by atoms with Gasteiger partial charge >= 0.3 is 0 Å². The van der Waals surface area contributed by atoms with Gasteiger partial charge < -0.3 is 10.3 Å². The zero-order valence-corrected chi connectivity index (χ0v) is 20.7. The molecule has 0 unspecified atom stereocenters. The first kappa shape index (κ1) is 23.2. The lowest BCUT2D eigenvalue weighted by Gasteiger charge is -2.16. The largest absolute Gasteiger partial charge is 0.324 e. The number of thiophene rings is 1. The molecule has 33 heavy (non-hydrogen) atoms. The van der Waals surface area contributed by atoms with Crippen molar-refractivity contribution < 1.29 is 4.79 Å². The van der Waals surface area contributed by atoms with Gasteiger partial charge in [0.1, 0.15) is 10.7 Å². The number of rotatable bonds is 7. The third-order valence-electron chi connectivity index (χ3n) is 5.34. The lowest BCUT2D eigenvalue weighted by molar-refractivity contribution is -0.117. The predicted octanol–water partition coefficient (Wildman–Crippen LogP) is 5.06. The molecule has 4 aromatic rings. The van der Waals surface area contributed by atoms with E-state index in [0.717, 1.165) is 26.6 Å². The summed E-state index contributed by atoms with van der Waals surface area (Å²) < 4.78 is 0. The van der Waals surface area contributed by atoms with Gasteiger partial charge in [0, 0.05) is 15.3 Å². The molecule has 0 saturated carbocycles. The molecule has 1 amide bonds. The van der Waals surface area contributed by atoms with E-state index in [0.29, 0.717) is 22.6 Å². The fraction of sp³-hybridized carbons (Fsp3) is 0.240. The smallest absolute Gasteiger partial charge is 0.260 e. The summed E-state index contributed by atoms with van der Waals surface area (Å²) in [4.78, 5) is 37.8. The average molecular weight is 479 g/mol. The summed E-state index contributed by atoms with van der Waals surface area (Å²) in [5.74, 6) is 0.431. The third kappa shape index (κ3) is 5.19. The minimum Gasteiger partial charge on any atom is -0.324 e. The monoisotopic (exact) mass is 478 g/mol. The molecule has 4 rings (SSSR count). The lowest BCUT2D eigenvalue weighted by Crippen LogP contribution is -2.31. The van der Waals surface area contributed by atoms with Crippen LogP contribution in [0.3, 0.4) is 0 Å². The van der Waals surface area contributed by atoms with E-state index in [4.69, 9.17) is 4.98 Å². The number of H-pyrrole nitrogens is 1. The number of aryl methyl sites for hydroxylation is 2. The number of aromatic amines is 1. The van der Waals surface area contributed by atoms with Crippen molar-refractivity contribution in [1.29, 1.82) is 0 Å². The summed E-state index contributed by atoms with van der Waals surface area (Å²) in [6, 6.07) is 15.9. The maximum Gasteiger partial charge on any atom is 0.260 e. The topological polar surface area (TPSA) is 78.1 Å². The number of thioether (sulfide) groups is 1. The van der Waals surface area contributed by atoms with Crippen LogP contribution in [0.5, 0.6) is 0 Å². The Morgan fingerprint density at radius 2 is 1.88 bits per heavy atom.